The topological polar surface area (TPSA) is 35.6 Å². The molecule has 2 aromatic heterocycles. The van der Waals surface area contributed by atoms with Crippen LogP contribution in [0.1, 0.15) is 11.6 Å². The Morgan fingerprint density at radius 3 is 1.30 bits per heavy atom. The number of hydrogen-bond acceptors (Lipinski definition) is 2. The van der Waals surface area contributed by atoms with Crippen LogP contribution in [0.15, 0.2) is 133 Å². The monoisotopic (exact) mass is 682 g/mol. The maximum Gasteiger partial charge on any atom is 0.248 e. The van der Waals surface area contributed by atoms with E-state index >= 15 is 0 Å². The molecule has 4 nitrogen and oxygen atoms in total. The van der Waals surface area contributed by atoms with Crippen LogP contribution in [0.5, 0.6) is 0 Å². The van der Waals surface area contributed by atoms with E-state index in [0.717, 1.165) is 22.7 Å². The Morgan fingerprint density at radius 1 is 0.426 bits per heavy atom. The zero-order chi connectivity index (χ0) is 35.1. The van der Waals surface area contributed by atoms with Crippen LogP contribution in [0.2, 0.25) is 0 Å². The lowest BCUT2D eigenvalue weighted by Crippen LogP contribution is -2.58. The Balaban J connectivity index is 1.14. The summed E-state index contributed by atoms with van der Waals surface area (Å²) < 4.78 is 4.87. The van der Waals surface area contributed by atoms with Crippen molar-refractivity contribution in [2.75, 3.05) is 0 Å². The third kappa shape index (κ3) is 3.11. The van der Waals surface area contributed by atoms with E-state index in [0.29, 0.717) is 0 Å². The largest absolute Gasteiger partial charge is 0.298 e. The van der Waals surface area contributed by atoms with Gasteiger partial charge in [0, 0.05) is 11.4 Å². The van der Waals surface area contributed by atoms with Gasteiger partial charge in [0.2, 0.25) is 13.4 Å². The molecule has 246 valence electrons. The third-order valence-electron chi connectivity index (χ3n) is 13.2. The van der Waals surface area contributed by atoms with Crippen LogP contribution < -0.4 is 32.8 Å². The van der Waals surface area contributed by atoms with Crippen LogP contribution in [0.3, 0.4) is 0 Å². The van der Waals surface area contributed by atoms with Crippen molar-refractivity contribution < 1.29 is 0 Å². The Hall–Kier alpha value is -6.65. The smallest absolute Gasteiger partial charge is 0.248 e. The highest BCUT2D eigenvalue weighted by Gasteiger charge is 2.42. The van der Waals surface area contributed by atoms with Gasteiger partial charge in [-0.25, -0.2) is 9.97 Å². The lowest BCUT2D eigenvalue weighted by Gasteiger charge is -2.35. The first kappa shape index (κ1) is 27.9. The van der Waals surface area contributed by atoms with Crippen molar-refractivity contribution in [3.8, 4) is 44.8 Å². The second kappa shape index (κ2) is 9.28. The molecular weight excluding hydrogens is 654 g/mol. The van der Waals surface area contributed by atoms with E-state index in [-0.39, 0.29) is 13.4 Å². The van der Waals surface area contributed by atoms with Crippen LogP contribution in [0.25, 0.3) is 88.4 Å². The van der Waals surface area contributed by atoms with E-state index in [1.807, 2.05) is 0 Å². The average molecular weight is 682 g/mol. The number of aromatic nitrogens is 4. The van der Waals surface area contributed by atoms with Crippen LogP contribution in [0.4, 0.5) is 0 Å². The van der Waals surface area contributed by atoms with Crippen molar-refractivity contribution >= 4 is 89.8 Å². The van der Waals surface area contributed by atoms with Crippen molar-refractivity contribution in [2.24, 2.45) is 0 Å². The summed E-state index contributed by atoms with van der Waals surface area (Å²) in [7, 11) is 0. The normalized spacial score (nSPS) is 13.7. The third-order valence-corrected chi connectivity index (χ3v) is 13.2. The Bertz CT molecular complexity index is 3200. The highest BCUT2D eigenvalue weighted by molar-refractivity contribution is 7.01. The minimum Gasteiger partial charge on any atom is -0.298 e. The van der Waals surface area contributed by atoms with E-state index in [1.165, 1.54) is 110 Å². The molecule has 10 aromatic rings. The fraction of sp³-hybridized carbons (Fsp3) is 0.0417. The molecule has 0 amide bonds. The zero-order valence-electron chi connectivity index (χ0n) is 29.6. The molecule has 0 unspecified atom stereocenters. The van der Waals surface area contributed by atoms with Gasteiger partial charge < -0.3 is 0 Å². The zero-order valence-corrected chi connectivity index (χ0v) is 29.6. The van der Waals surface area contributed by atoms with Gasteiger partial charge in [0.15, 0.2) is 0 Å². The molecule has 0 fully saturated rings. The molecule has 0 atom stereocenters. The molecule has 0 N–H and O–H groups in total. The van der Waals surface area contributed by atoms with Crippen molar-refractivity contribution in [1.82, 2.24) is 19.1 Å². The fourth-order valence-corrected chi connectivity index (χ4v) is 11.3. The summed E-state index contributed by atoms with van der Waals surface area (Å²) in [5.41, 5.74) is 22.9. The predicted molar refractivity (Wildman–Crippen MR) is 226 cm³/mol. The summed E-state index contributed by atoms with van der Waals surface area (Å²) in [6, 6.07) is 50.6. The number of benzene rings is 8. The summed E-state index contributed by atoms with van der Waals surface area (Å²) >= 11 is 0. The van der Waals surface area contributed by atoms with E-state index in [1.54, 1.807) is 0 Å². The summed E-state index contributed by atoms with van der Waals surface area (Å²) in [4.78, 5) is 10.3. The number of nitrogens with zero attached hydrogens (tertiary/aromatic N) is 4. The molecular formula is C48H28B2N4. The SMILES string of the molecule is Cc1nc2cccc3c2n1-c1cc(-c2cc4c5c(c2)-n2c(C)nc6cccc(c62)B5c2cccc5cccc-4c25)cc2c1B3c1cccc3cccc-2c13. The van der Waals surface area contributed by atoms with Crippen LogP contribution in [-0.2, 0) is 0 Å². The minimum atomic E-state index is 0.132. The number of rotatable bonds is 1. The maximum absolute atomic E-state index is 5.15. The van der Waals surface area contributed by atoms with Crippen molar-refractivity contribution in [3.63, 3.8) is 0 Å². The average Bonchev–Trinajstić information content (AvgIpc) is 3.73. The predicted octanol–water partition coefficient (Wildman–Crippen LogP) is 6.57. The molecule has 0 saturated carbocycles. The first-order valence-electron chi connectivity index (χ1n) is 19.0. The van der Waals surface area contributed by atoms with Crippen molar-refractivity contribution in [3.05, 3.63) is 145 Å². The number of aryl methyl sites for hydroxylation is 2. The summed E-state index contributed by atoms with van der Waals surface area (Å²) in [5.74, 6) is 2.04. The molecule has 0 spiro atoms. The Morgan fingerprint density at radius 2 is 0.833 bits per heavy atom. The second-order valence-corrected chi connectivity index (χ2v) is 15.7. The molecule has 6 heteroatoms. The quantitative estimate of drug-likeness (QED) is 0.184. The lowest BCUT2D eigenvalue weighted by molar-refractivity contribution is 1.00. The van der Waals surface area contributed by atoms with E-state index < -0.39 is 0 Å². The first-order chi connectivity index (χ1) is 26.6. The summed E-state index contributed by atoms with van der Waals surface area (Å²) in [6.07, 6.45) is 0. The minimum absolute atomic E-state index is 0.132. The van der Waals surface area contributed by atoms with E-state index in [9.17, 15) is 0 Å². The van der Waals surface area contributed by atoms with Gasteiger partial charge in [-0.15, -0.1) is 0 Å². The van der Waals surface area contributed by atoms with Crippen molar-refractivity contribution in [2.45, 2.75) is 13.8 Å². The van der Waals surface area contributed by atoms with Gasteiger partial charge in [-0.3, -0.25) is 9.13 Å². The van der Waals surface area contributed by atoms with Crippen molar-refractivity contribution in [1.29, 1.82) is 0 Å². The maximum atomic E-state index is 5.15. The molecule has 54 heavy (non-hydrogen) atoms. The van der Waals surface area contributed by atoms with Gasteiger partial charge in [0.25, 0.3) is 0 Å². The standard InChI is InChI=1S/C48H28B2N4/c1-25-51-39-19-7-17-37-47(39)53(25)41-23-29(21-33-31-13-3-9-27-11-5-15-35(43(27)31)49(37)45(33)41)30-22-34-32-14-4-10-28-12-6-16-36(44(28)32)50-38-18-8-20-40-48(38)54(26(2)52-40)42(24-30)46(34)50/h3-24H,1-2H3. The van der Waals surface area contributed by atoms with Gasteiger partial charge in [-0.1, -0.05) is 108 Å². The van der Waals surface area contributed by atoms with Crippen LogP contribution in [0, 0.1) is 13.8 Å². The van der Waals surface area contributed by atoms with E-state index in [4.69, 9.17) is 9.97 Å². The number of imidazole rings is 2. The van der Waals surface area contributed by atoms with Gasteiger partial charge in [-0.2, -0.15) is 0 Å². The van der Waals surface area contributed by atoms with Gasteiger partial charge in [0.1, 0.15) is 11.6 Å². The van der Waals surface area contributed by atoms with Gasteiger partial charge in [-0.05, 0) is 127 Å². The molecule has 0 bridgehead atoms. The van der Waals surface area contributed by atoms with Crippen LogP contribution >= 0.6 is 0 Å². The first-order valence-corrected chi connectivity index (χ1v) is 19.0. The molecule has 14 rings (SSSR count). The van der Waals surface area contributed by atoms with Crippen LogP contribution in [-0.4, -0.2) is 32.5 Å². The summed E-state index contributed by atoms with van der Waals surface area (Å²) in [6.45, 7) is 4.58. The Labute approximate surface area is 311 Å². The number of hydrogen-bond donors (Lipinski definition) is 0. The number of fused-ring (bicyclic) bond motifs is 8. The molecule has 0 aliphatic carbocycles. The molecule has 0 radical (unpaired) electrons. The second-order valence-electron chi connectivity index (χ2n) is 15.7. The van der Waals surface area contributed by atoms with Gasteiger partial charge in [0.05, 0.1) is 22.1 Å². The highest BCUT2D eigenvalue weighted by Crippen LogP contribution is 2.42. The van der Waals surface area contributed by atoms with Gasteiger partial charge >= 0.3 is 0 Å². The molecule has 0 saturated heterocycles. The van der Waals surface area contributed by atoms with E-state index in [2.05, 4.69) is 156 Å². The molecule has 8 aromatic carbocycles. The molecule has 6 heterocycles. The Kier molecular flexibility index (Phi) is 4.80. The molecule has 4 aliphatic heterocycles. The lowest BCUT2D eigenvalue weighted by atomic mass is 9.32. The number of para-hydroxylation sites is 2. The summed E-state index contributed by atoms with van der Waals surface area (Å²) in [5, 5.41) is 5.31. The highest BCUT2D eigenvalue weighted by atomic mass is 15.1. The fourth-order valence-electron chi connectivity index (χ4n) is 11.3. The molecule has 4 aliphatic rings.